The maximum atomic E-state index is 6.38. The molecule has 0 unspecified atom stereocenters. The van der Waals surface area contributed by atoms with Gasteiger partial charge in [0.15, 0.2) is 5.82 Å². The average molecular weight is 339 g/mol. The van der Waals surface area contributed by atoms with E-state index >= 15 is 0 Å². The predicted octanol–water partition coefficient (Wildman–Crippen LogP) is 5.06. The van der Waals surface area contributed by atoms with E-state index in [1.807, 2.05) is 37.3 Å². The summed E-state index contributed by atoms with van der Waals surface area (Å²) in [6, 6.07) is 12.0. The summed E-state index contributed by atoms with van der Waals surface area (Å²) in [5, 5.41) is 11.5. The number of pyridine rings is 1. The summed E-state index contributed by atoms with van der Waals surface area (Å²) in [4.78, 5) is 4.90. The zero-order valence-corrected chi connectivity index (χ0v) is 14.3. The number of H-pyrrole nitrogens is 1. The Morgan fingerprint density at radius 2 is 1.96 bits per heavy atom. The van der Waals surface area contributed by atoms with Crippen molar-refractivity contribution in [2.45, 2.75) is 32.6 Å². The van der Waals surface area contributed by atoms with E-state index in [1.54, 1.807) is 0 Å². The number of halogens is 1. The predicted molar refractivity (Wildman–Crippen MR) is 97.9 cm³/mol. The molecule has 5 heteroatoms. The number of nitrogens with zero attached hydrogens (tertiary/aromatic N) is 2. The molecule has 1 aliphatic rings. The number of nitrogens with one attached hydrogen (secondary N) is 2. The van der Waals surface area contributed by atoms with Gasteiger partial charge in [-0.1, -0.05) is 29.8 Å². The van der Waals surface area contributed by atoms with E-state index in [9.17, 15) is 0 Å². The maximum Gasteiger partial charge on any atom is 0.152 e. The molecular formula is C19H19ClN4. The molecule has 24 heavy (non-hydrogen) atoms. The number of rotatable bonds is 3. The van der Waals surface area contributed by atoms with Crippen molar-refractivity contribution in [3.63, 3.8) is 0 Å². The molecule has 3 aromatic rings. The molecule has 4 nitrogen and oxygen atoms in total. The van der Waals surface area contributed by atoms with Gasteiger partial charge in [0, 0.05) is 33.7 Å². The Bertz CT molecular complexity index is 885. The minimum atomic E-state index is 0.724. The summed E-state index contributed by atoms with van der Waals surface area (Å²) in [6.07, 6.45) is 4.46. The number of anilines is 2. The molecule has 0 saturated heterocycles. The van der Waals surface area contributed by atoms with Crippen LogP contribution in [0.5, 0.6) is 0 Å². The molecule has 4 rings (SSSR count). The number of hydrogen-bond donors (Lipinski definition) is 2. The van der Waals surface area contributed by atoms with Crippen LogP contribution in [0.3, 0.4) is 0 Å². The van der Waals surface area contributed by atoms with Crippen LogP contribution in [-0.2, 0) is 12.8 Å². The first-order valence-electron chi connectivity index (χ1n) is 8.27. The van der Waals surface area contributed by atoms with Crippen molar-refractivity contribution < 1.29 is 0 Å². The van der Waals surface area contributed by atoms with Gasteiger partial charge in [-0.15, -0.1) is 0 Å². The lowest BCUT2D eigenvalue weighted by molar-refractivity contribution is 0.670. The second kappa shape index (κ2) is 6.29. The Morgan fingerprint density at radius 1 is 1.12 bits per heavy atom. The monoisotopic (exact) mass is 338 g/mol. The minimum absolute atomic E-state index is 0.724. The van der Waals surface area contributed by atoms with Gasteiger partial charge in [-0.3, -0.25) is 10.1 Å². The van der Waals surface area contributed by atoms with Crippen LogP contribution >= 0.6 is 11.6 Å². The zero-order chi connectivity index (χ0) is 16.5. The third-order valence-corrected chi connectivity index (χ3v) is 4.75. The molecule has 1 aromatic carbocycles. The first-order chi connectivity index (χ1) is 11.7. The van der Waals surface area contributed by atoms with Gasteiger partial charge in [-0.25, -0.2) is 0 Å². The van der Waals surface area contributed by atoms with E-state index in [0.29, 0.717) is 0 Å². The van der Waals surface area contributed by atoms with Crippen molar-refractivity contribution in [2.75, 3.05) is 5.32 Å². The molecule has 0 amide bonds. The fraction of sp³-hybridized carbons (Fsp3) is 0.263. The van der Waals surface area contributed by atoms with Crippen molar-refractivity contribution in [1.82, 2.24) is 15.2 Å². The molecule has 0 aliphatic heterocycles. The molecule has 0 spiro atoms. The van der Waals surface area contributed by atoms with Gasteiger partial charge in [0.1, 0.15) is 0 Å². The highest BCUT2D eigenvalue weighted by molar-refractivity contribution is 6.33. The second-order valence-electron chi connectivity index (χ2n) is 6.23. The van der Waals surface area contributed by atoms with Crippen molar-refractivity contribution >= 4 is 23.1 Å². The summed E-state index contributed by atoms with van der Waals surface area (Å²) in [5.41, 5.74) is 6.48. The molecule has 2 N–H and O–H groups in total. The van der Waals surface area contributed by atoms with Crippen LogP contribution in [-0.4, -0.2) is 15.2 Å². The SMILES string of the molecule is Cc1cc(Nc2cc(-c3ccccc3Cl)nc3c2CCCC3)n[nH]1. The lowest BCUT2D eigenvalue weighted by Gasteiger charge is -2.20. The standard InChI is InChI=1S/C19H19ClN4/c1-12-10-19(24-23-12)22-18-11-17(13-6-2-4-8-15(13)20)21-16-9-5-3-7-14(16)18/h2,4,6,8,10-11H,3,5,7,9H2,1H3,(H2,21,22,23,24). The second-order valence-corrected chi connectivity index (χ2v) is 6.64. The van der Waals surface area contributed by atoms with Gasteiger partial charge >= 0.3 is 0 Å². The molecule has 0 radical (unpaired) electrons. The highest BCUT2D eigenvalue weighted by atomic mass is 35.5. The van der Waals surface area contributed by atoms with Crippen molar-refractivity contribution in [3.05, 3.63) is 58.4 Å². The number of fused-ring (bicyclic) bond motifs is 1. The molecule has 2 aromatic heterocycles. The molecular weight excluding hydrogens is 320 g/mol. The van der Waals surface area contributed by atoms with E-state index in [2.05, 4.69) is 21.6 Å². The van der Waals surface area contributed by atoms with Crippen molar-refractivity contribution in [1.29, 1.82) is 0 Å². The first kappa shape index (κ1) is 15.2. The van der Waals surface area contributed by atoms with Gasteiger partial charge in [-0.05, 0) is 50.3 Å². The average Bonchev–Trinajstić information content (AvgIpc) is 3.00. The third-order valence-electron chi connectivity index (χ3n) is 4.42. The quantitative estimate of drug-likeness (QED) is 0.702. The van der Waals surface area contributed by atoms with E-state index in [4.69, 9.17) is 16.6 Å². The maximum absolute atomic E-state index is 6.38. The first-order valence-corrected chi connectivity index (χ1v) is 8.65. The van der Waals surface area contributed by atoms with Gasteiger partial charge in [-0.2, -0.15) is 5.10 Å². The van der Waals surface area contributed by atoms with E-state index in [0.717, 1.165) is 46.3 Å². The van der Waals surface area contributed by atoms with Gasteiger partial charge in [0.2, 0.25) is 0 Å². The third kappa shape index (κ3) is 2.89. The molecule has 0 bridgehead atoms. The van der Waals surface area contributed by atoms with Crippen LogP contribution in [0.15, 0.2) is 36.4 Å². The Morgan fingerprint density at radius 3 is 2.75 bits per heavy atom. The summed E-state index contributed by atoms with van der Waals surface area (Å²) < 4.78 is 0. The van der Waals surface area contributed by atoms with Crippen LogP contribution < -0.4 is 5.32 Å². The fourth-order valence-electron chi connectivity index (χ4n) is 3.24. The lowest BCUT2D eigenvalue weighted by Crippen LogP contribution is -2.10. The molecule has 1 aliphatic carbocycles. The number of aromatic amines is 1. The topological polar surface area (TPSA) is 53.6 Å². The fourth-order valence-corrected chi connectivity index (χ4v) is 3.48. The Labute approximate surface area is 146 Å². The van der Waals surface area contributed by atoms with Crippen molar-refractivity contribution in [3.8, 4) is 11.3 Å². The molecule has 0 atom stereocenters. The van der Waals surface area contributed by atoms with Gasteiger partial charge < -0.3 is 5.32 Å². The van der Waals surface area contributed by atoms with Crippen LogP contribution in [0.4, 0.5) is 11.5 Å². The number of aromatic nitrogens is 3. The molecule has 122 valence electrons. The smallest absolute Gasteiger partial charge is 0.152 e. The zero-order valence-electron chi connectivity index (χ0n) is 13.6. The summed E-state index contributed by atoms with van der Waals surface area (Å²) in [7, 11) is 0. The van der Waals surface area contributed by atoms with Gasteiger partial charge in [0.05, 0.1) is 5.69 Å². The number of hydrogen-bond acceptors (Lipinski definition) is 3. The Kier molecular flexibility index (Phi) is 3.98. The molecule has 2 heterocycles. The van der Waals surface area contributed by atoms with Gasteiger partial charge in [0.25, 0.3) is 0 Å². The highest BCUT2D eigenvalue weighted by Crippen LogP contribution is 2.34. The van der Waals surface area contributed by atoms with Crippen LogP contribution in [0.1, 0.15) is 29.8 Å². The summed E-state index contributed by atoms with van der Waals surface area (Å²) in [5.74, 6) is 0.830. The molecule has 0 saturated carbocycles. The summed E-state index contributed by atoms with van der Waals surface area (Å²) in [6.45, 7) is 2.00. The lowest BCUT2D eigenvalue weighted by atomic mass is 9.93. The number of aryl methyl sites for hydroxylation is 2. The largest absolute Gasteiger partial charge is 0.338 e. The highest BCUT2D eigenvalue weighted by Gasteiger charge is 2.18. The van der Waals surface area contributed by atoms with Crippen LogP contribution in [0.25, 0.3) is 11.3 Å². The summed E-state index contributed by atoms with van der Waals surface area (Å²) >= 11 is 6.38. The normalized spacial score (nSPS) is 13.6. The molecule has 0 fully saturated rings. The van der Waals surface area contributed by atoms with E-state index in [1.165, 1.54) is 24.1 Å². The minimum Gasteiger partial charge on any atom is -0.338 e. The van der Waals surface area contributed by atoms with E-state index in [-0.39, 0.29) is 0 Å². The van der Waals surface area contributed by atoms with Crippen LogP contribution in [0, 0.1) is 6.92 Å². The Hall–Kier alpha value is -2.33. The number of benzene rings is 1. The Balaban J connectivity index is 1.82. The van der Waals surface area contributed by atoms with E-state index < -0.39 is 0 Å². The van der Waals surface area contributed by atoms with Crippen molar-refractivity contribution in [2.24, 2.45) is 0 Å². The van der Waals surface area contributed by atoms with Crippen LogP contribution in [0.2, 0.25) is 5.02 Å².